The van der Waals surface area contributed by atoms with Crippen molar-refractivity contribution in [1.82, 2.24) is 9.78 Å². The molecule has 0 saturated carbocycles. The summed E-state index contributed by atoms with van der Waals surface area (Å²) in [5, 5.41) is 17.7. The molecule has 0 aliphatic heterocycles. The molecule has 0 radical (unpaired) electrons. The van der Waals surface area contributed by atoms with Crippen molar-refractivity contribution in [2.75, 3.05) is 11.9 Å². The van der Waals surface area contributed by atoms with E-state index in [2.05, 4.69) is 26.3 Å². The standard InChI is InChI=1S/C15H15BrN4O5/c1-8-14(9(2)19(3)18-8)17-13(21)7-25-15(22)10-4-5-11(16)12(6-10)20(23)24/h4-6H,7H2,1-3H3,(H,17,21). The van der Waals surface area contributed by atoms with Crippen LogP contribution in [0.5, 0.6) is 0 Å². The number of ether oxygens (including phenoxy) is 1. The Bertz CT molecular complexity index is 862. The Kier molecular flexibility index (Phi) is 5.52. The molecule has 10 heteroatoms. The number of hydrogen-bond acceptors (Lipinski definition) is 6. The SMILES string of the molecule is Cc1nn(C)c(C)c1NC(=O)COC(=O)c1ccc(Br)c([N+](=O)[O-])c1. The lowest BCUT2D eigenvalue weighted by atomic mass is 10.2. The van der Waals surface area contributed by atoms with Crippen molar-refractivity contribution < 1.29 is 19.2 Å². The minimum Gasteiger partial charge on any atom is -0.452 e. The quantitative estimate of drug-likeness (QED) is 0.459. The molecule has 0 atom stereocenters. The van der Waals surface area contributed by atoms with Crippen LogP contribution in [0.15, 0.2) is 22.7 Å². The number of nitrogens with zero attached hydrogens (tertiary/aromatic N) is 3. The molecule has 9 nitrogen and oxygen atoms in total. The summed E-state index contributed by atoms with van der Waals surface area (Å²) < 4.78 is 6.77. The number of nitro groups is 1. The Morgan fingerprint density at radius 1 is 1.40 bits per heavy atom. The van der Waals surface area contributed by atoms with Crippen LogP contribution in [-0.4, -0.2) is 33.2 Å². The molecular formula is C15H15BrN4O5. The van der Waals surface area contributed by atoms with Crippen LogP contribution in [0.3, 0.4) is 0 Å². The molecule has 0 saturated heterocycles. The predicted octanol–water partition coefficient (Wildman–Crippen LogP) is 2.50. The molecule has 0 fully saturated rings. The number of halogens is 1. The minimum absolute atomic E-state index is 0.0172. The van der Waals surface area contributed by atoms with Gasteiger partial charge in [0.15, 0.2) is 6.61 Å². The van der Waals surface area contributed by atoms with Crippen LogP contribution >= 0.6 is 15.9 Å². The van der Waals surface area contributed by atoms with Crippen molar-refractivity contribution >= 4 is 39.2 Å². The predicted molar refractivity (Wildman–Crippen MR) is 92.4 cm³/mol. The first-order valence-electron chi connectivity index (χ1n) is 7.11. The van der Waals surface area contributed by atoms with Gasteiger partial charge in [-0.05, 0) is 41.9 Å². The van der Waals surface area contributed by atoms with Gasteiger partial charge in [0.25, 0.3) is 11.6 Å². The monoisotopic (exact) mass is 410 g/mol. The third kappa shape index (κ3) is 4.21. The molecule has 2 aromatic rings. The van der Waals surface area contributed by atoms with Crippen LogP contribution in [-0.2, 0) is 16.6 Å². The van der Waals surface area contributed by atoms with Crippen LogP contribution in [0.25, 0.3) is 0 Å². The highest BCUT2D eigenvalue weighted by molar-refractivity contribution is 9.10. The van der Waals surface area contributed by atoms with E-state index in [0.717, 1.165) is 11.8 Å². The van der Waals surface area contributed by atoms with E-state index >= 15 is 0 Å². The number of esters is 1. The third-order valence-electron chi connectivity index (χ3n) is 3.49. The molecule has 2 rings (SSSR count). The van der Waals surface area contributed by atoms with Crippen molar-refractivity contribution in [2.24, 2.45) is 7.05 Å². The number of benzene rings is 1. The molecule has 1 amide bonds. The van der Waals surface area contributed by atoms with Gasteiger partial charge >= 0.3 is 5.97 Å². The van der Waals surface area contributed by atoms with Crippen molar-refractivity contribution in [3.8, 4) is 0 Å². The normalized spacial score (nSPS) is 10.4. The second-order valence-corrected chi connectivity index (χ2v) is 6.07. The average molecular weight is 411 g/mol. The van der Waals surface area contributed by atoms with E-state index in [1.165, 1.54) is 12.1 Å². The van der Waals surface area contributed by atoms with Gasteiger partial charge < -0.3 is 10.1 Å². The minimum atomic E-state index is -0.828. The summed E-state index contributed by atoms with van der Waals surface area (Å²) in [6, 6.07) is 3.82. The molecule has 0 aliphatic carbocycles. The van der Waals surface area contributed by atoms with Gasteiger partial charge in [-0.3, -0.25) is 19.6 Å². The second-order valence-electron chi connectivity index (χ2n) is 5.22. The Balaban J connectivity index is 2.01. The first kappa shape index (κ1) is 18.6. The number of anilines is 1. The fraction of sp³-hybridized carbons (Fsp3) is 0.267. The van der Waals surface area contributed by atoms with Gasteiger partial charge in [-0.2, -0.15) is 5.10 Å². The smallest absolute Gasteiger partial charge is 0.338 e. The van der Waals surface area contributed by atoms with Gasteiger partial charge in [-0.1, -0.05) is 0 Å². The number of nitrogens with one attached hydrogen (secondary N) is 1. The molecule has 0 aliphatic rings. The summed E-state index contributed by atoms with van der Waals surface area (Å²) in [6.45, 7) is 3.02. The van der Waals surface area contributed by atoms with Crippen molar-refractivity contribution in [3.63, 3.8) is 0 Å². The van der Waals surface area contributed by atoms with Gasteiger partial charge in [-0.25, -0.2) is 4.79 Å². The number of nitro benzene ring substituents is 1. The van der Waals surface area contributed by atoms with Crippen molar-refractivity contribution in [2.45, 2.75) is 13.8 Å². The van der Waals surface area contributed by atoms with Crippen LogP contribution < -0.4 is 5.32 Å². The molecule has 1 N–H and O–H groups in total. The number of carbonyl (C=O) groups excluding carboxylic acids is 2. The van der Waals surface area contributed by atoms with E-state index in [-0.39, 0.29) is 15.7 Å². The van der Waals surface area contributed by atoms with E-state index in [1.54, 1.807) is 25.6 Å². The molecular weight excluding hydrogens is 396 g/mol. The van der Waals surface area contributed by atoms with Crippen LogP contribution in [0.2, 0.25) is 0 Å². The Labute approximate surface area is 151 Å². The summed E-state index contributed by atoms with van der Waals surface area (Å²) in [5.41, 5.74) is 1.68. The number of aromatic nitrogens is 2. The first-order valence-corrected chi connectivity index (χ1v) is 7.91. The zero-order chi connectivity index (χ0) is 18.7. The topological polar surface area (TPSA) is 116 Å². The zero-order valence-corrected chi connectivity index (χ0v) is 15.3. The summed E-state index contributed by atoms with van der Waals surface area (Å²) in [4.78, 5) is 34.2. The lowest BCUT2D eigenvalue weighted by Crippen LogP contribution is -2.21. The van der Waals surface area contributed by atoms with E-state index < -0.39 is 23.4 Å². The maximum atomic E-state index is 12.0. The van der Waals surface area contributed by atoms with Gasteiger partial charge in [0.2, 0.25) is 0 Å². The fourth-order valence-corrected chi connectivity index (χ4v) is 2.52. The highest BCUT2D eigenvalue weighted by atomic mass is 79.9. The van der Waals surface area contributed by atoms with Crippen molar-refractivity contribution in [3.05, 3.63) is 49.7 Å². The van der Waals surface area contributed by atoms with E-state index in [1.807, 2.05) is 0 Å². The van der Waals surface area contributed by atoms with Gasteiger partial charge in [0.1, 0.15) is 0 Å². The van der Waals surface area contributed by atoms with Gasteiger partial charge in [0, 0.05) is 13.1 Å². The summed E-state index contributed by atoms with van der Waals surface area (Å²) in [7, 11) is 1.75. The average Bonchev–Trinajstić information content (AvgIpc) is 2.79. The number of amides is 1. The summed E-state index contributed by atoms with van der Waals surface area (Å²) in [5.74, 6) is -1.36. The first-order chi connectivity index (χ1) is 11.7. The summed E-state index contributed by atoms with van der Waals surface area (Å²) >= 11 is 3.03. The van der Waals surface area contributed by atoms with Crippen LogP contribution in [0.1, 0.15) is 21.7 Å². The second kappa shape index (κ2) is 7.43. The van der Waals surface area contributed by atoms with E-state index in [0.29, 0.717) is 11.4 Å². The maximum absolute atomic E-state index is 12.0. The van der Waals surface area contributed by atoms with Crippen LogP contribution in [0, 0.1) is 24.0 Å². The van der Waals surface area contributed by atoms with Gasteiger partial charge in [0.05, 0.1) is 32.0 Å². The number of rotatable bonds is 5. The molecule has 0 unspecified atom stereocenters. The molecule has 0 spiro atoms. The third-order valence-corrected chi connectivity index (χ3v) is 4.16. The lowest BCUT2D eigenvalue weighted by molar-refractivity contribution is -0.385. The zero-order valence-electron chi connectivity index (χ0n) is 13.7. The number of hydrogen-bond donors (Lipinski definition) is 1. The fourth-order valence-electron chi connectivity index (χ4n) is 2.12. The molecule has 1 aromatic carbocycles. The largest absolute Gasteiger partial charge is 0.452 e. The molecule has 1 heterocycles. The summed E-state index contributed by atoms with van der Waals surface area (Å²) in [6.07, 6.45) is 0. The Morgan fingerprint density at radius 2 is 2.08 bits per heavy atom. The lowest BCUT2D eigenvalue weighted by Gasteiger charge is -2.07. The van der Waals surface area contributed by atoms with E-state index in [9.17, 15) is 19.7 Å². The number of aryl methyl sites for hydroxylation is 2. The Hall–Kier alpha value is -2.75. The molecule has 1 aromatic heterocycles. The molecule has 132 valence electrons. The highest BCUT2D eigenvalue weighted by Gasteiger charge is 2.18. The highest BCUT2D eigenvalue weighted by Crippen LogP contribution is 2.26. The molecule has 25 heavy (non-hydrogen) atoms. The maximum Gasteiger partial charge on any atom is 0.338 e. The van der Waals surface area contributed by atoms with Crippen molar-refractivity contribution in [1.29, 1.82) is 0 Å². The van der Waals surface area contributed by atoms with Gasteiger partial charge in [-0.15, -0.1) is 0 Å². The Morgan fingerprint density at radius 3 is 2.64 bits per heavy atom. The number of carbonyl (C=O) groups is 2. The van der Waals surface area contributed by atoms with E-state index in [4.69, 9.17) is 4.74 Å². The molecule has 0 bridgehead atoms. The van der Waals surface area contributed by atoms with Crippen LogP contribution in [0.4, 0.5) is 11.4 Å².